The van der Waals surface area contributed by atoms with E-state index in [2.05, 4.69) is 39.2 Å². The summed E-state index contributed by atoms with van der Waals surface area (Å²) in [6.07, 6.45) is 6.20. The van der Waals surface area contributed by atoms with Gasteiger partial charge in [0.05, 0.1) is 11.2 Å². The van der Waals surface area contributed by atoms with Gasteiger partial charge in [0.1, 0.15) is 0 Å². The molecule has 1 saturated heterocycles. The maximum Gasteiger partial charge on any atom is 0.223 e. The molecule has 1 aliphatic heterocycles. The van der Waals surface area contributed by atoms with Gasteiger partial charge in [-0.15, -0.1) is 11.3 Å². The van der Waals surface area contributed by atoms with Gasteiger partial charge in [-0.1, -0.05) is 0 Å². The monoisotopic (exact) mass is 369 g/mol. The minimum atomic E-state index is -0.0792. The van der Waals surface area contributed by atoms with Gasteiger partial charge >= 0.3 is 0 Å². The van der Waals surface area contributed by atoms with Crippen molar-refractivity contribution >= 4 is 33.3 Å². The van der Waals surface area contributed by atoms with E-state index in [1.54, 1.807) is 11.3 Å². The van der Waals surface area contributed by atoms with Crippen LogP contribution in [0.15, 0.2) is 24.5 Å². The first-order valence-corrected chi connectivity index (χ1v) is 9.79. The molecule has 1 fully saturated rings. The Bertz CT molecular complexity index is 931. The van der Waals surface area contributed by atoms with Gasteiger partial charge in [-0.25, -0.2) is 4.98 Å². The van der Waals surface area contributed by atoms with Crippen LogP contribution in [0.3, 0.4) is 0 Å². The van der Waals surface area contributed by atoms with Gasteiger partial charge in [-0.2, -0.15) is 0 Å². The summed E-state index contributed by atoms with van der Waals surface area (Å²) >= 11 is 1.55. The molecule has 0 saturated carbocycles. The summed E-state index contributed by atoms with van der Waals surface area (Å²) in [6, 6.07) is 4.26. The lowest BCUT2D eigenvalue weighted by atomic mass is 9.93. The van der Waals surface area contributed by atoms with Crippen molar-refractivity contribution in [2.24, 2.45) is 0 Å². The van der Waals surface area contributed by atoms with E-state index in [-0.39, 0.29) is 5.91 Å². The lowest BCUT2D eigenvalue weighted by molar-refractivity contribution is -0.114. The topological polar surface area (TPSA) is 73.9 Å². The lowest BCUT2D eigenvalue weighted by Crippen LogP contribution is -2.34. The van der Waals surface area contributed by atoms with E-state index < -0.39 is 0 Å². The van der Waals surface area contributed by atoms with Crippen molar-refractivity contribution in [3.8, 4) is 0 Å². The van der Waals surface area contributed by atoms with Gasteiger partial charge in [0, 0.05) is 54.3 Å². The summed E-state index contributed by atoms with van der Waals surface area (Å²) in [5.74, 6) is 0.358. The summed E-state index contributed by atoms with van der Waals surface area (Å²) < 4.78 is 0. The number of rotatable bonds is 4. The van der Waals surface area contributed by atoms with E-state index in [1.807, 2.05) is 12.4 Å². The fourth-order valence-electron chi connectivity index (χ4n) is 3.75. The second-order valence-corrected chi connectivity index (χ2v) is 8.09. The Morgan fingerprint density at radius 2 is 2.38 bits per heavy atom. The van der Waals surface area contributed by atoms with Crippen LogP contribution in [0.25, 0.3) is 10.9 Å². The maximum absolute atomic E-state index is 11.2. The predicted octanol–water partition coefficient (Wildman–Crippen LogP) is 3.67. The van der Waals surface area contributed by atoms with Crippen LogP contribution in [0.5, 0.6) is 0 Å². The molecule has 0 aliphatic carbocycles. The molecule has 1 atom stereocenters. The van der Waals surface area contributed by atoms with Crippen LogP contribution in [-0.2, 0) is 11.3 Å². The van der Waals surface area contributed by atoms with Gasteiger partial charge in [-0.05, 0) is 38.4 Å². The molecule has 2 N–H and O–H groups in total. The Labute approximate surface area is 156 Å². The second-order valence-electron chi connectivity index (χ2n) is 6.98. The van der Waals surface area contributed by atoms with E-state index in [0.717, 1.165) is 25.3 Å². The lowest BCUT2D eigenvalue weighted by Gasteiger charge is -2.32. The highest BCUT2D eigenvalue weighted by molar-refractivity contribution is 7.15. The number of fused-ring (bicyclic) bond motifs is 1. The number of H-pyrrole nitrogens is 1. The molecule has 0 aromatic carbocycles. The zero-order valence-corrected chi connectivity index (χ0v) is 15.9. The first-order chi connectivity index (χ1) is 12.6. The highest BCUT2D eigenvalue weighted by atomic mass is 32.1. The first kappa shape index (κ1) is 17.2. The smallest absolute Gasteiger partial charge is 0.223 e. The van der Waals surface area contributed by atoms with Gasteiger partial charge in [0.15, 0.2) is 5.13 Å². The number of aromatic amines is 1. The van der Waals surface area contributed by atoms with Crippen LogP contribution in [-0.4, -0.2) is 38.8 Å². The zero-order chi connectivity index (χ0) is 18.1. The molecule has 3 aromatic rings. The number of aryl methyl sites for hydroxylation is 1. The van der Waals surface area contributed by atoms with Crippen molar-refractivity contribution in [3.05, 3.63) is 40.8 Å². The van der Waals surface area contributed by atoms with E-state index in [1.165, 1.54) is 41.2 Å². The van der Waals surface area contributed by atoms with Crippen LogP contribution >= 0.6 is 11.3 Å². The highest BCUT2D eigenvalue weighted by Gasteiger charge is 2.25. The molecule has 4 rings (SSSR count). The Morgan fingerprint density at radius 1 is 1.50 bits per heavy atom. The van der Waals surface area contributed by atoms with Crippen molar-refractivity contribution in [1.29, 1.82) is 0 Å². The molecule has 0 spiro atoms. The van der Waals surface area contributed by atoms with Crippen LogP contribution in [0.4, 0.5) is 5.13 Å². The highest BCUT2D eigenvalue weighted by Crippen LogP contribution is 2.32. The summed E-state index contributed by atoms with van der Waals surface area (Å²) in [5.41, 5.74) is 3.44. The number of anilines is 1. The molecule has 26 heavy (non-hydrogen) atoms. The standard InChI is InChI=1S/C19H23N5OS/c1-12-8-14-5-6-20-17(14)18(22-12)15-4-3-7-24(10-15)11-16-9-21-19(26-16)23-13(2)25/h5-6,8-9,15,20H,3-4,7,10-11H2,1-2H3,(H,21,23,25). The molecule has 1 amide bonds. The molecule has 3 aromatic heterocycles. The van der Waals surface area contributed by atoms with Crippen molar-refractivity contribution in [2.45, 2.75) is 39.2 Å². The van der Waals surface area contributed by atoms with Crippen molar-refractivity contribution in [1.82, 2.24) is 19.9 Å². The average molecular weight is 369 g/mol. The first-order valence-electron chi connectivity index (χ1n) is 8.98. The van der Waals surface area contributed by atoms with E-state index >= 15 is 0 Å². The van der Waals surface area contributed by atoms with Crippen LogP contribution in [0.1, 0.15) is 41.9 Å². The van der Waals surface area contributed by atoms with Crippen molar-refractivity contribution in [3.63, 3.8) is 0 Å². The van der Waals surface area contributed by atoms with Crippen LogP contribution in [0.2, 0.25) is 0 Å². The second kappa shape index (κ2) is 7.17. The van der Waals surface area contributed by atoms with E-state index in [0.29, 0.717) is 11.0 Å². The van der Waals surface area contributed by atoms with Gasteiger partial charge in [0.2, 0.25) is 5.91 Å². The number of carbonyl (C=O) groups excluding carboxylic acids is 1. The SMILES string of the molecule is CC(=O)Nc1ncc(CN2CCCC(c3nc(C)cc4cc[nH]c34)C2)s1. The number of amides is 1. The van der Waals surface area contributed by atoms with E-state index in [9.17, 15) is 4.79 Å². The van der Waals surface area contributed by atoms with Crippen LogP contribution in [0, 0.1) is 6.92 Å². The molecule has 0 bridgehead atoms. The van der Waals surface area contributed by atoms with E-state index in [4.69, 9.17) is 4.98 Å². The molecule has 136 valence electrons. The molecular formula is C19H23N5OS. The third-order valence-corrected chi connectivity index (χ3v) is 5.70. The summed E-state index contributed by atoms with van der Waals surface area (Å²) in [6.45, 7) is 6.53. The number of piperidine rings is 1. The van der Waals surface area contributed by atoms with Crippen molar-refractivity contribution < 1.29 is 4.79 Å². The number of nitrogens with one attached hydrogen (secondary N) is 2. The zero-order valence-electron chi connectivity index (χ0n) is 15.1. The third-order valence-electron chi connectivity index (χ3n) is 4.80. The van der Waals surface area contributed by atoms with Gasteiger partial charge in [0.25, 0.3) is 0 Å². The number of nitrogens with zero attached hydrogens (tertiary/aromatic N) is 3. The Hall–Kier alpha value is -2.25. The number of hydrogen-bond acceptors (Lipinski definition) is 5. The largest absolute Gasteiger partial charge is 0.360 e. The number of thiazole rings is 1. The fraction of sp³-hybridized carbons (Fsp3) is 0.421. The number of hydrogen-bond donors (Lipinski definition) is 2. The molecule has 0 radical (unpaired) electrons. The molecule has 7 heteroatoms. The van der Waals surface area contributed by atoms with Crippen molar-refractivity contribution in [2.75, 3.05) is 18.4 Å². The molecule has 1 aliphatic rings. The van der Waals surface area contributed by atoms with Gasteiger partial charge in [-0.3, -0.25) is 14.7 Å². The quantitative estimate of drug-likeness (QED) is 0.736. The Morgan fingerprint density at radius 3 is 3.23 bits per heavy atom. The average Bonchev–Trinajstić information content (AvgIpc) is 3.23. The van der Waals surface area contributed by atoms with Gasteiger partial charge < -0.3 is 10.3 Å². The van der Waals surface area contributed by atoms with Crippen LogP contribution < -0.4 is 5.32 Å². The molecule has 6 nitrogen and oxygen atoms in total. The number of likely N-dealkylation sites (tertiary alicyclic amines) is 1. The third kappa shape index (κ3) is 3.64. The maximum atomic E-state index is 11.2. The summed E-state index contributed by atoms with van der Waals surface area (Å²) in [7, 11) is 0. The number of carbonyl (C=O) groups is 1. The number of pyridine rings is 1. The number of aromatic nitrogens is 3. The molecule has 4 heterocycles. The summed E-state index contributed by atoms with van der Waals surface area (Å²) in [5, 5.41) is 4.67. The minimum Gasteiger partial charge on any atom is -0.360 e. The predicted molar refractivity (Wildman–Crippen MR) is 105 cm³/mol. The fourth-order valence-corrected chi connectivity index (χ4v) is 4.65. The Kier molecular flexibility index (Phi) is 4.74. The molecular weight excluding hydrogens is 346 g/mol. The molecule has 1 unspecified atom stereocenters. The summed E-state index contributed by atoms with van der Waals surface area (Å²) in [4.78, 5) is 27.3. The normalized spacial score (nSPS) is 18.3. The minimum absolute atomic E-state index is 0.0792. The Balaban J connectivity index is 1.49.